The maximum atomic E-state index is 11.5. The summed E-state index contributed by atoms with van der Waals surface area (Å²) < 4.78 is 39.1. The summed E-state index contributed by atoms with van der Waals surface area (Å²) in [6, 6.07) is 0. The molecule has 0 atom stereocenters. The minimum Gasteiger partial charge on any atom is -0.511 e. The van der Waals surface area contributed by atoms with Gasteiger partial charge in [-0.15, -0.1) is 0 Å². The number of rotatable bonds is 1. The standard InChI is InChI=1S/C7H9F3O2Si/c1-13(2,3)12-6(11)4-5-7(8,9)10/h1-3H3. The van der Waals surface area contributed by atoms with Gasteiger partial charge in [-0.3, -0.25) is 0 Å². The average molecular weight is 210 g/mol. The third-order valence-electron chi connectivity index (χ3n) is 0.705. The van der Waals surface area contributed by atoms with Gasteiger partial charge in [0.15, 0.2) is 0 Å². The fraction of sp³-hybridized carbons (Fsp3) is 0.571. The van der Waals surface area contributed by atoms with E-state index in [0.717, 1.165) is 5.92 Å². The van der Waals surface area contributed by atoms with Crippen molar-refractivity contribution in [2.75, 3.05) is 0 Å². The highest BCUT2D eigenvalue weighted by atomic mass is 28.4. The van der Waals surface area contributed by atoms with Crippen molar-refractivity contribution in [1.29, 1.82) is 0 Å². The summed E-state index contributed by atoms with van der Waals surface area (Å²) in [6.07, 6.45) is -4.64. The Balaban J connectivity index is 4.23. The van der Waals surface area contributed by atoms with Gasteiger partial charge >= 0.3 is 12.1 Å². The smallest absolute Gasteiger partial charge is 0.458 e. The Morgan fingerprint density at radius 2 is 1.77 bits per heavy atom. The second-order valence-corrected chi connectivity index (χ2v) is 7.68. The molecule has 0 saturated heterocycles. The van der Waals surface area contributed by atoms with Gasteiger partial charge in [-0.25, -0.2) is 4.79 Å². The van der Waals surface area contributed by atoms with E-state index in [9.17, 15) is 18.0 Å². The lowest BCUT2D eigenvalue weighted by Gasteiger charge is -2.14. The predicted molar refractivity (Wildman–Crippen MR) is 43.3 cm³/mol. The maximum Gasteiger partial charge on any atom is 0.458 e. The normalized spacial score (nSPS) is 11.5. The van der Waals surface area contributed by atoms with E-state index in [1.165, 1.54) is 5.92 Å². The number of carbonyl (C=O) groups is 1. The van der Waals surface area contributed by atoms with Gasteiger partial charge in [-0.2, -0.15) is 13.2 Å². The minimum absolute atomic E-state index is 0.842. The lowest BCUT2D eigenvalue weighted by Crippen LogP contribution is -2.28. The van der Waals surface area contributed by atoms with Gasteiger partial charge in [0.2, 0.25) is 8.32 Å². The van der Waals surface area contributed by atoms with Crippen molar-refractivity contribution < 1.29 is 22.4 Å². The zero-order chi connectivity index (χ0) is 10.7. The first-order chi connectivity index (χ1) is 5.60. The molecule has 0 radical (unpaired) electrons. The molecule has 0 aliphatic carbocycles. The van der Waals surface area contributed by atoms with Crippen LogP contribution in [0.3, 0.4) is 0 Å². The van der Waals surface area contributed by atoms with Crippen molar-refractivity contribution in [1.82, 2.24) is 0 Å². The molecule has 0 spiro atoms. The molecule has 0 bridgehead atoms. The number of halogens is 3. The fourth-order valence-corrected chi connectivity index (χ4v) is 1.03. The van der Waals surface area contributed by atoms with Gasteiger partial charge in [0, 0.05) is 11.8 Å². The van der Waals surface area contributed by atoms with Crippen LogP contribution in [0.15, 0.2) is 0 Å². The van der Waals surface area contributed by atoms with E-state index in [4.69, 9.17) is 0 Å². The largest absolute Gasteiger partial charge is 0.511 e. The summed E-state index contributed by atoms with van der Waals surface area (Å²) in [6.45, 7) is 5.04. The summed E-state index contributed by atoms with van der Waals surface area (Å²) in [4.78, 5) is 10.6. The van der Waals surface area contributed by atoms with Crippen LogP contribution >= 0.6 is 0 Å². The van der Waals surface area contributed by atoms with Gasteiger partial charge in [0.1, 0.15) is 0 Å². The van der Waals surface area contributed by atoms with Crippen LogP contribution in [0.5, 0.6) is 0 Å². The first-order valence-corrected chi connectivity index (χ1v) is 6.84. The highest BCUT2D eigenvalue weighted by molar-refractivity contribution is 6.71. The molecule has 0 amide bonds. The Kier molecular flexibility index (Phi) is 3.55. The van der Waals surface area contributed by atoms with Crippen LogP contribution in [0.2, 0.25) is 19.6 Å². The second-order valence-electron chi connectivity index (χ2n) is 3.25. The molecule has 0 saturated carbocycles. The second kappa shape index (κ2) is 3.83. The molecule has 0 aromatic carbocycles. The number of hydrogen-bond acceptors (Lipinski definition) is 2. The van der Waals surface area contributed by atoms with E-state index in [-0.39, 0.29) is 0 Å². The fourth-order valence-electron chi connectivity index (χ4n) is 0.426. The minimum atomic E-state index is -4.64. The Morgan fingerprint density at radius 1 is 1.31 bits per heavy atom. The zero-order valence-corrected chi connectivity index (χ0v) is 8.45. The van der Waals surface area contributed by atoms with Crippen molar-refractivity contribution in [2.24, 2.45) is 0 Å². The Labute approximate surface area is 75.2 Å². The summed E-state index contributed by atoms with van der Waals surface area (Å²) in [5.41, 5.74) is 0. The molecule has 0 heterocycles. The van der Waals surface area contributed by atoms with Gasteiger partial charge < -0.3 is 4.43 Å². The Morgan fingerprint density at radius 3 is 2.08 bits per heavy atom. The van der Waals surface area contributed by atoms with Crippen molar-refractivity contribution in [3.63, 3.8) is 0 Å². The quantitative estimate of drug-likeness (QED) is 0.488. The van der Waals surface area contributed by atoms with E-state index in [1.54, 1.807) is 19.6 Å². The topological polar surface area (TPSA) is 26.3 Å². The van der Waals surface area contributed by atoms with Crippen LogP contribution < -0.4 is 0 Å². The Hall–Kier alpha value is -0.963. The molecule has 2 nitrogen and oxygen atoms in total. The molecule has 13 heavy (non-hydrogen) atoms. The average Bonchev–Trinajstić information content (AvgIpc) is 1.78. The molecular weight excluding hydrogens is 201 g/mol. The predicted octanol–water partition coefficient (Wildman–Crippen LogP) is 1.93. The van der Waals surface area contributed by atoms with Crippen LogP contribution in [0.4, 0.5) is 13.2 Å². The Bertz CT molecular complexity index is 254. The van der Waals surface area contributed by atoms with E-state index in [0.29, 0.717) is 0 Å². The maximum absolute atomic E-state index is 11.5. The lowest BCUT2D eigenvalue weighted by atomic mass is 10.6. The SMILES string of the molecule is C[Si](C)(C)OC(=O)C#CC(F)(F)F. The van der Waals surface area contributed by atoms with Gasteiger partial charge in [-0.1, -0.05) is 0 Å². The van der Waals surface area contributed by atoms with Gasteiger partial charge in [-0.05, 0) is 19.6 Å². The summed E-state index contributed by atoms with van der Waals surface area (Å²) in [5, 5.41) is 0. The molecule has 6 heteroatoms. The molecule has 0 aromatic heterocycles. The third kappa shape index (κ3) is 8.95. The molecule has 0 unspecified atom stereocenters. The van der Waals surface area contributed by atoms with E-state index >= 15 is 0 Å². The molecule has 0 rings (SSSR count). The lowest BCUT2D eigenvalue weighted by molar-refractivity contribution is -0.129. The molecule has 0 aliphatic heterocycles. The summed E-state index contributed by atoms with van der Waals surface area (Å²) >= 11 is 0. The molecule has 74 valence electrons. The zero-order valence-electron chi connectivity index (χ0n) is 7.45. The van der Waals surface area contributed by atoms with Crippen LogP contribution in [-0.2, 0) is 9.22 Å². The third-order valence-corrected chi connectivity index (χ3v) is 1.50. The number of carbonyl (C=O) groups excluding carboxylic acids is 1. The number of alkyl halides is 3. The van der Waals surface area contributed by atoms with E-state index in [2.05, 4.69) is 4.43 Å². The molecule has 0 aliphatic rings. The van der Waals surface area contributed by atoms with Crippen molar-refractivity contribution in [3.8, 4) is 11.8 Å². The first kappa shape index (κ1) is 12.0. The van der Waals surface area contributed by atoms with Gasteiger partial charge in [0.25, 0.3) is 0 Å². The molecule has 0 fully saturated rings. The van der Waals surface area contributed by atoms with Crippen LogP contribution in [0.25, 0.3) is 0 Å². The van der Waals surface area contributed by atoms with E-state index < -0.39 is 20.5 Å². The monoisotopic (exact) mass is 210 g/mol. The first-order valence-electron chi connectivity index (χ1n) is 3.43. The highest BCUT2D eigenvalue weighted by Crippen LogP contribution is 2.12. The van der Waals surface area contributed by atoms with Crippen molar-refractivity contribution in [3.05, 3.63) is 0 Å². The molecule has 0 aromatic rings. The highest BCUT2D eigenvalue weighted by Gasteiger charge is 2.24. The van der Waals surface area contributed by atoms with Crippen molar-refractivity contribution in [2.45, 2.75) is 25.8 Å². The summed E-state index contributed by atoms with van der Waals surface area (Å²) in [5.74, 6) is 1.11. The number of hydrogen-bond donors (Lipinski definition) is 0. The van der Waals surface area contributed by atoms with Crippen LogP contribution in [0, 0.1) is 11.8 Å². The van der Waals surface area contributed by atoms with Crippen molar-refractivity contribution >= 4 is 14.3 Å². The van der Waals surface area contributed by atoms with Crippen LogP contribution in [0.1, 0.15) is 0 Å². The summed E-state index contributed by atoms with van der Waals surface area (Å²) in [7, 11) is -2.14. The molecular formula is C7H9F3O2Si. The van der Waals surface area contributed by atoms with Gasteiger partial charge in [0.05, 0.1) is 0 Å². The molecule has 0 N–H and O–H groups in total. The van der Waals surface area contributed by atoms with Crippen LogP contribution in [-0.4, -0.2) is 20.5 Å². The van der Waals surface area contributed by atoms with E-state index in [1.807, 2.05) is 0 Å².